The van der Waals surface area contributed by atoms with Crippen LogP contribution in [0.3, 0.4) is 0 Å². The zero-order valence-electron chi connectivity index (χ0n) is 17.8. The largest absolute Gasteiger partial charge is 0.344 e. The van der Waals surface area contributed by atoms with Crippen LogP contribution in [0, 0.1) is 0 Å². The molecule has 2 heterocycles. The Labute approximate surface area is 193 Å². The number of aromatic nitrogens is 3. The number of hydrazine groups is 1. The summed E-state index contributed by atoms with van der Waals surface area (Å²) in [6, 6.07) is 17.6. The molecular formula is C22H22N6O4S. The molecule has 170 valence electrons. The average molecular weight is 467 g/mol. The van der Waals surface area contributed by atoms with Crippen molar-refractivity contribution in [3.8, 4) is 0 Å². The van der Waals surface area contributed by atoms with Crippen molar-refractivity contribution in [1.29, 1.82) is 0 Å². The molecule has 1 fully saturated rings. The fourth-order valence-electron chi connectivity index (χ4n) is 3.64. The number of benzene rings is 2. The van der Waals surface area contributed by atoms with Crippen LogP contribution in [0.5, 0.6) is 0 Å². The highest BCUT2D eigenvalue weighted by atomic mass is 32.2. The van der Waals surface area contributed by atoms with Crippen LogP contribution in [-0.2, 0) is 21.7 Å². The van der Waals surface area contributed by atoms with Crippen molar-refractivity contribution in [3.63, 3.8) is 0 Å². The Morgan fingerprint density at radius 3 is 2.39 bits per heavy atom. The molecule has 1 atom stereocenters. The van der Waals surface area contributed by atoms with E-state index in [1.54, 1.807) is 31.2 Å². The fraction of sp³-hybridized carbons (Fsp3) is 0.227. The lowest BCUT2D eigenvalue weighted by atomic mass is 9.87. The van der Waals surface area contributed by atoms with Gasteiger partial charge in [-0.15, -0.1) is 5.10 Å². The summed E-state index contributed by atoms with van der Waals surface area (Å²) in [7, 11) is 0. The predicted octanol–water partition coefficient (Wildman–Crippen LogP) is 1.60. The van der Waals surface area contributed by atoms with Crippen molar-refractivity contribution in [1.82, 2.24) is 30.5 Å². The average Bonchev–Trinajstić information content (AvgIpc) is 3.30. The maximum Gasteiger partial charge on any atom is 0.344 e. The maximum absolute atomic E-state index is 13.1. The Balaban J connectivity index is 1.42. The number of imide groups is 1. The smallest absolute Gasteiger partial charge is 0.318 e. The zero-order valence-corrected chi connectivity index (χ0v) is 18.6. The van der Waals surface area contributed by atoms with Crippen molar-refractivity contribution in [2.45, 2.75) is 30.6 Å². The van der Waals surface area contributed by atoms with Gasteiger partial charge in [0.05, 0.1) is 12.3 Å². The number of thioether (sulfide) groups is 1. The van der Waals surface area contributed by atoms with E-state index in [4.69, 9.17) is 0 Å². The number of urea groups is 1. The van der Waals surface area contributed by atoms with Crippen LogP contribution in [0.2, 0.25) is 0 Å². The van der Waals surface area contributed by atoms with E-state index in [1.165, 1.54) is 4.57 Å². The zero-order chi connectivity index (χ0) is 23.4. The minimum Gasteiger partial charge on any atom is -0.318 e. The van der Waals surface area contributed by atoms with E-state index >= 15 is 0 Å². The molecule has 0 aliphatic carbocycles. The van der Waals surface area contributed by atoms with E-state index in [-0.39, 0.29) is 5.75 Å². The molecule has 1 aliphatic rings. The lowest BCUT2D eigenvalue weighted by Crippen LogP contribution is -2.49. The molecule has 10 nitrogen and oxygen atoms in total. The molecule has 1 aliphatic heterocycles. The first-order valence-electron chi connectivity index (χ1n) is 10.3. The quantitative estimate of drug-likeness (QED) is 0.342. The van der Waals surface area contributed by atoms with Gasteiger partial charge in [0.2, 0.25) is 5.91 Å². The van der Waals surface area contributed by atoms with E-state index in [0.717, 1.165) is 17.3 Å². The molecule has 0 bridgehead atoms. The Hall–Kier alpha value is -3.86. The lowest BCUT2D eigenvalue weighted by molar-refractivity contribution is -0.138. The molecule has 2 aromatic carbocycles. The molecule has 4 amide bonds. The first-order valence-corrected chi connectivity index (χ1v) is 11.3. The molecule has 1 saturated heterocycles. The number of carbonyl (C=O) groups excluding carboxylic acids is 3. The van der Waals surface area contributed by atoms with Crippen LogP contribution in [0.25, 0.3) is 0 Å². The second-order valence-corrected chi connectivity index (χ2v) is 8.34. The van der Waals surface area contributed by atoms with Gasteiger partial charge in [-0.25, -0.2) is 14.7 Å². The third-order valence-corrected chi connectivity index (χ3v) is 6.34. The summed E-state index contributed by atoms with van der Waals surface area (Å²) >= 11 is 1.02. The maximum atomic E-state index is 13.1. The summed E-state index contributed by atoms with van der Waals surface area (Å²) in [6.45, 7) is 2.08. The molecule has 1 aromatic heterocycles. The SMILES string of the molecule is CCC1(c2ccccc2)NC(=O)N(NC(=O)CSc2n[nH]c(=O)n2Cc2ccccc2)C1=O. The Morgan fingerprint density at radius 1 is 1.06 bits per heavy atom. The summed E-state index contributed by atoms with van der Waals surface area (Å²) in [4.78, 5) is 50.3. The third kappa shape index (κ3) is 4.40. The first-order chi connectivity index (χ1) is 15.9. The second-order valence-electron chi connectivity index (χ2n) is 7.40. The summed E-state index contributed by atoms with van der Waals surface area (Å²) in [5.74, 6) is -1.29. The second kappa shape index (κ2) is 9.33. The fourth-order valence-corrected chi connectivity index (χ4v) is 4.38. The lowest BCUT2D eigenvalue weighted by Gasteiger charge is -2.25. The van der Waals surface area contributed by atoms with Crippen molar-refractivity contribution in [3.05, 3.63) is 82.3 Å². The molecule has 3 N–H and O–H groups in total. The monoisotopic (exact) mass is 466 g/mol. The van der Waals surface area contributed by atoms with Gasteiger partial charge in [0.25, 0.3) is 5.91 Å². The van der Waals surface area contributed by atoms with E-state index in [0.29, 0.717) is 28.7 Å². The van der Waals surface area contributed by atoms with Gasteiger partial charge in [0, 0.05) is 0 Å². The third-order valence-electron chi connectivity index (χ3n) is 5.36. The number of aromatic amines is 1. The summed E-state index contributed by atoms with van der Waals surface area (Å²) in [5.41, 5.74) is 2.28. The number of hydrogen-bond acceptors (Lipinski definition) is 6. The van der Waals surface area contributed by atoms with Crippen molar-refractivity contribution < 1.29 is 14.4 Å². The minimum atomic E-state index is -1.24. The van der Waals surface area contributed by atoms with Crippen LogP contribution >= 0.6 is 11.8 Å². The molecule has 3 aromatic rings. The molecule has 0 radical (unpaired) electrons. The van der Waals surface area contributed by atoms with Crippen molar-refractivity contribution >= 4 is 29.6 Å². The Bertz CT molecular complexity index is 1230. The number of H-pyrrole nitrogens is 1. The number of nitrogens with one attached hydrogen (secondary N) is 3. The van der Waals surface area contributed by atoms with E-state index in [2.05, 4.69) is 20.9 Å². The number of rotatable bonds is 8. The van der Waals surface area contributed by atoms with Crippen LogP contribution < -0.4 is 16.4 Å². The van der Waals surface area contributed by atoms with Crippen LogP contribution in [0.1, 0.15) is 24.5 Å². The van der Waals surface area contributed by atoms with Gasteiger partial charge in [0.1, 0.15) is 5.54 Å². The van der Waals surface area contributed by atoms with Gasteiger partial charge in [-0.2, -0.15) is 5.01 Å². The van der Waals surface area contributed by atoms with Crippen LogP contribution in [0.15, 0.2) is 70.6 Å². The molecule has 4 rings (SSSR count). The van der Waals surface area contributed by atoms with E-state index in [9.17, 15) is 19.2 Å². The van der Waals surface area contributed by atoms with Gasteiger partial charge in [-0.1, -0.05) is 79.3 Å². The van der Waals surface area contributed by atoms with Crippen molar-refractivity contribution in [2.24, 2.45) is 0 Å². The minimum absolute atomic E-state index is 0.152. The summed E-state index contributed by atoms with van der Waals surface area (Å²) in [6.07, 6.45) is 0.321. The highest BCUT2D eigenvalue weighted by Gasteiger charge is 2.52. The normalized spacial score (nSPS) is 17.8. The molecule has 11 heteroatoms. The first kappa shape index (κ1) is 22.3. The van der Waals surface area contributed by atoms with Crippen molar-refractivity contribution in [2.75, 3.05) is 5.75 Å². The highest BCUT2D eigenvalue weighted by molar-refractivity contribution is 7.99. The molecule has 0 spiro atoms. The van der Waals surface area contributed by atoms with Gasteiger partial charge < -0.3 is 5.32 Å². The summed E-state index contributed by atoms with van der Waals surface area (Å²) in [5, 5.41) is 10.1. The Kier molecular flexibility index (Phi) is 6.31. The van der Waals surface area contributed by atoms with Crippen LogP contribution in [-0.4, -0.2) is 43.4 Å². The standard InChI is InChI=1S/C22H22N6O4S/c1-2-22(16-11-7-4-8-12-16)18(30)28(19(31)23-22)26-17(29)14-33-21-25-24-20(32)27(21)13-15-9-5-3-6-10-15/h3-12H,2,13-14H2,1H3,(H,23,31)(H,24,32)(H,26,29). The molecule has 33 heavy (non-hydrogen) atoms. The predicted molar refractivity (Wildman–Crippen MR) is 121 cm³/mol. The molecule has 1 unspecified atom stereocenters. The highest BCUT2D eigenvalue weighted by Crippen LogP contribution is 2.31. The van der Waals surface area contributed by atoms with Gasteiger partial charge in [0.15, 0.2) is 5.16 Å². The number of carbonyl (C=O) groups is 3. The topological polar surface area (TPSA) is 129 Å². The van der Waals surface area contributed by atoms with Gasteiger partial charge in [-0.3, -0.25) is 19.6 Å². The molecule has 0 saturated carbocycles. The van der Waals surface area contributed by atoms with E-state index in [1.807, 2.05) is 36.4 Å². The molecular weight excluding hydrogens is 444 g/mol. The summed E-state index contributed by atoms with van der Waals surface area (Å²) < 4.78 is 1.42. The number of amides is 4. The number of hydrogen-bond donors (Lipinski definition) is 3. The van der Waals surface area contributed by atoms with E-state index < -0.39 is 29.1 Å². The Morgan fingerprint density at radius 2 is 1.73 bits per heavy atom. The van der Waals surface area contributed by atoms with Crippen LogP contribution in [0.4, 0.5) is 4.79 Å². The van der Waals surface area contributed by atoms with Gasteiger partial charge >= 0.3 is 11.7 Å². The van der Waals surface area contributed by atoms with Gasteiger partial charge in [-0.05, 0) is 17.5 Å². The number of nitrogens with zero attached hydrogens (tertiary/aromatic N) is 3.